The zero-order valence-electron chi connectivity index (χ0n) is 11.1. The Kier molecular flexibility index (Phi) is 7.91. The number of aliphatic hydroxyl groups excluding tert-OH is 1. The summed E-state index contributed by atoms with van der Waals surface area (Å²) in [6, 6.07) is 0.227. The van der Waals surface area contributed by atoms with Crippen molar-refractivity contribution >= 4 is 5.91 Å². The summed E-state index contributed by atoms with van der Waals surface area (Å²) in [5, 5.41) is 11.9. The number of aliphatic hydroxyl groups is 1. The summed E-state index contributed by atoms with van der Waals surface area (Å²) in [6.45, 7) is 3.49. The number of nitrogens with zero attached hydrogens (tertiary/aromatic N) is 1. The van der Waals surface area contributed by atoms with Crippen LogP contribution in [0.4, 0.5) is 0 Å². The molecule has 1 amide bonds. The van der Waals surface area contributed by atoms with Gasteiger partial charge in [0.05, 0.1) is 19.8 Å². The van der Waals surface area contributed by atoms with E-state index in [1.165, 1.54) is 0 Å². The topological polar surface area (TPSA) is 71.0 Å². The summed E-state index contributed by atoms with van der Waals surface area (Å²) in [5.74, 6) is 0.00598. The molecule has 0 radical (unpaired) electrons. The first kappa shape index (κ1) is 15.4. The zero-order valence-corrected chi connectivity index (χ0v) is 11.1. The summed E-state index contributed by atoms with van der Waals surface area (Å²) in [6.07, 6.45) is 1.76. The number of carbonyl (C=O) groups is 1. The van der Waals surface area contributed by atoms with E-state index in [1.54, 1.807) is 7.11 Å². The van der Waals surface area contributed by atoms with Crippen molar-refractivity contribution in [1.82, 2.24) is 10.2 Å². The van der Waals surface area contributed by atoms with Crippen molar-refractivity contribution < 1.29 is 19.4 Å². The van der Waals surface area contributed by atoms with E-state index in [0.29, 0.717) is 26.2 Å². The van der Waals surface area contributed by atoms with E-state index < -0.39 is 0 Å². The minimum atomic E-state index is 0.00598. The molecule has 18 heavy (non-hydrogen) atoms. The molecule has 1 saturated heterocycles. The lowest BCUT2D eigenvalue weighted by Crippen LogP contribution is -2.45. The number of carbonyl (C=O) groups excluding carboxylic acids is 1. The van der Waals surface area contributed by atoms with Crippen molar-refractivity contribution in [2.75, 3.05) is 53.2 Å². The SMILES string of the molecule is COCCN(CCO)CC(=O)NC1CCOCC1. The maximum absolute atomic E-state index is 11.8. The highest BCUT2D eigenvalue weighted by atomic mass is 16.5. The van der Waals surface area contributed by atoms with Crippen LogP contribution < -0.4 is 5.32 Å². The van der Waals surface area contributed by atoms with Crippen molar-refractivity contribution in [1.29, 1.82) is 0 Å². The minimum Gasteiger partial charge on any atom is -0.395 e. The fourth-order valence-corrected chi connectivity index (χ4v) is 1.95. The van der Waals surface area contributed by atoms with Gasteiger partial charge in [0.15, 0.2) is 0 Å². The third kappa shape index (κ3) is 6.30. The second kappa shape index (κ2) is 9.27. The molecule has 0 aromatic carbocycles. The second-order valence-electron chi connectivity index (χ2n) is 4.45. The van der Waals surface area contributed by atoms with Crippen molar-refractivity contribution in [3.63, 3.8) is 0 Å². The van der Waals surface area contributed by atoms with E-state index in [4.69, 9.17) is 14.6 Å². The number of methoxy groups -OCH3 is 1. The van der Waals surface area contributed by atoms with Crippen LogP contribution in [0.5, 0.6) is 0 Å². The summed E-state index contributed by atoms with van der Waals surface area (Å²) in [4.78, 5) is 13.7. The van der Waals surface area contributed by atoms with Gasteiger partial charge in [0, 0.05) is 39.5 Å². The smallest absolute Gasteiger partial charge is 0.234 e. The molecular formula is C12H24N2O4. The standard InChI is InChI=1S/C12H24N2O4/c1-17-9-5-14(4-6-15)10-12(16)13-11-2-7-18-8-3-11/h11,15H,2-10H2,1H3,(H,13,16). The maximum atomic E-state index is 11.8. The molecule has 0 aromatic rings. The van der Waals surface area contributed by atoms with Gasteiger partial charge in [-0.1, -0.05) is 0 Å². The number of hydrogen-bond acceptors (Lipinski definition) is 5. The Labute approximate surface area is 108 Å². The number of ether oxygens (including phenoxy) is 2. The van der Waals surface area contributed by atoms with Gasteiger partial charge in [-0.2, -0.15) is 0 Å². The van der Waals surface area contributed by atoms with E-state index in [0.717, 1.165) is 26.1 Å². The van der Waals surface area contributed by atoms with Crippen LogP contribution in [-0.4, -0.2) is 75.1 Å². The molecule has 0 aliphatic carbocycles. The molecule has 0 saturated carbocycles. The molecule has 0 spiro atoms. The van der Waals surface area contributed by atoms with Crippen LogP contribution in [0.1, 0.15) is 12.8 Å². The fraction of sp³-hybridized carbons (Fsp3) is 0.917. The van der Waals surface area contributed by atoms with Gasteiger partial charge < -0.3 is 19.9 Å². The van der Waals surface area contributed by atoms with Gasteiger partial charge in [-0.15, -0.1) is 0 Å². The van der Waals surface area contributed by atoms with Crippen LogP contribution in [-0.2, 0) is 14.3 Å². The molecule has 1 fully saturated rings. The molecule has 1 heterocycles. The third-order valence-corrected chi connectivity index (χ3v) is 2.98. The molecule has 0 bridgehead atoms. The van der Waals surface area contributed by atoms with E-state index in [9.17, 15) is 4.79 Å². The minimum absolute atomic E-state index is 0.00598. The zero-order chi connectivity index (χ0) is 13.2. The largest absolute Gasteiger partial charge is 0.395 e. The predicted octanol–water partition coefficient (Wildman–Crippen LogP) is -0.778. The molecule has 106 valence electrons. The lowest BCUT2D eigenvalue weighted by molar-refractivity contribution is -0.123. The Morgan fingerprint density at radius 3 is 2.78 bits per heavy atom. The van der Waals surface area contributed by atoms with Crippen molar-refractivity contribution in [2.24, 2.45) is 0 Å². The Morgan fingerprint density at radius 2 is 2.17 bits per heavy atom. The van der Waals surface area contributed by atoms with Crippen LogP contribution in [0.2, 0.25) is 0 Å². The quantitative estimate of drug-likeness (QED) is 0.599. The average Bonchev–Trinajstić information content (AvgIpc) is 2.37. The van der Waals surface area contributed by atoms with Gasteiger partial charge >= 0.3 is 0 Å². The van der Waals surface area contributed by atoms with Gasteiger partial charge in [0.1, 0.15) is 0 Å². The van der Waals surface area contributed by atoms with Gasteiger partial charge in [-0.05, 0) is 12.8 Å². The number of amides is 1. The molecule has 6 nitrogen and oxygen atoms in total. The monoisotopic (exact) mass is 260 g/mol. The highest BCUT2D eigenvalue weighted by Gasteiger charge is 2.17. The molecule has 6 heteroatoms. The van der Waals surface area contributed by atoms with Crippen molar-refractivity contribution in [2.45, 2.75) is 18.9 Å². The lowest BCUT2D eigenvalue weighted by Gasteiger charge is -2.25. The van der Waals surface area contributed by atoms with Crippen molar-refractivity contribution in [3.8, 4) is 0 Å². The van der Waals surface area contributed by atoms with Gasteiger partial charge in [0.2, 0.25) is 5.91 Å². The molecule has 0 aromatic heterocycles. The Balaban J connectivity index is 2.25. The van der Waals surface area contributed by atoms with Crippen LogP contribution in [0.3, 0.4) is 0 Å². The third-order valence-electron chi connectivity index (χ3n) is 2.98. The average molecular weight is 260 g/mol. The summed E-state index contributed by atoms with van der Waals surface area (Å²) in [5.41, 5.74) is 0. The lowest BCUT2D eigenvalue weighted by atomic mass is 10.1. The highest BCUT2D eigenvalue weighted by molar-refractivity contribution is 5.78. The Bertz CT molecular complexity index is 232. The predicted molar refractivity (Wildman–Crippen MR) is 67.4 cm³/mol. The molecular weight excluding hydrogens is 236 g/mol. The molecule has 0 atom stereocenters. The molecule has 1 rings (SSSR count). The first-order valence-electron chi connectivity index (χ1n) is 6.45. The van der Waals surface area contributed by atoms with Crippen LogP contribution in [0.25, 0.3) is 0 Å². The summed E-state index contributed by atoms with van der Waals surface area (Å²) >= 11 is 0. The van der Waals surface area contributed by atoms with E-state index in [2.05, 4.69) is 5.32 Å². The van der Waals surface area contributed by atoms with Crippen LogP contribution in [0, 0.1) is 0 Å². The van der Waals surface area contributed by atoms with Crippen molar-refractivity contribution in [3.05, 3.63) is 0 Å². The molecule has 1 aliphatic heterocycles. The van der Waals surface area contributed by atoms with E-state index >= 15 is 0 Å². The maximum Gasteiger partial charge on any atom is 0.234 e. The molecule has 0 unspecified atom stereocenters. The summed E-state index contributed by atoms with van der Waals surface area (Å²) < 4.78 is 10.2. The first-order valence-corrected chi connectivity index (χ1v) is 6.45. The summed E-state index contributed by atoms with van der Waals surface area (Å²) in [7, 11) is 1.62. The fourth-order valence-electron chi connectivity index (χ4n) is 1.95. The Morgan fingerprint density at radius 1 is 1.44 bits per heavy atom. The molecule has 2 N–H and O–H groups in total. The second-order valence-corrected chi connectivity index (χ2v) is 4.45. The van der Waals surface area contributed by atoms with E-state index in [1.807, 2.05) is 4.90 Å². The van der Waals surface area contributed by atoms with Crippen LogP contribution in [0.15, 0.2) is 0 Å². The molecule has 1 aliphatic rings. The highest BCUT2D eigenvalue weighted by Crippen LogP contribution is 2.05. The van der Waals surface area contributed by atoms with Crippen LogP contribution >= 0.6 is 0 Å². The Hall–Kier alpha value is -0.690. The number of hydrogen-bond donors (Lipinski definition) is 2. The number of nitrogens with one attached hydrogen (secondary N) is 1. The van der Waals surface area contributed by atoms with Gasteiger partial charge in [-0.3, -0.25) is 9.69 Å². The van der Waals surface area contributed by atoms with Gasteiger partial charge in [-0.25, -0.2) is 0 Å². The number of rotatable bonds is 8. The van der Waals surface area contributed by atoms with Gasteiger partial charge in [0.25, 0.3) is 0 Å². The first-order chi connectivity index (χ1) is 8.76. The van der Waals surface area contributed by atoms with E-state index in [-0.39, 0.29) is 18.6 Å². The normalized spacial score (nSPS) is 17.1.